The lowest BCUT2D eigenvalue weighted by atomic mass is 10.2. The summed E-state index contributed by atoms with van der Waals surface area (Å²) in [5.41, 5.74) is 0.260. The Balaban J connectivity index is 2.54. The Morgan fingerprint density at radius 2 is 1.93 bits per heavy atom. The number of nitrogens with zero attached hydrogens (tertiary/aromatic N) is 3. The number of aromatic carboxylic acids is 1. The first kappa shape index (κ1) is 9.32. The molecule has 2 rings (SSSR count). The molecule has 1 N–H and O–H groups in total. The third-order valence-corrected chi connectivity index (χ3v) is 1.85. The van der Waals surface area contributed by atoms with Crippen molar-refractivity contribution in [3.63, 3.8) is 0 Å². The Labute approximate surface area is 83.8 Å². The number of carboxylic acids is 1. The summed E-state index contributed by atoms with van der Waals surface area (Å²) in [4.78, 5) is 10.7. The largest absolute Gasteiger partial charge is 0.478 e. The molecule has 1 aromatic heterocycles. The molecule has 0 amide bonds. The maximum absolute atomic E-state index is 13.1. The van der Waals surface area contributed by atoms with E-state index < -0.39 is 11.8 Å². The van der Waals surface area contributed by atoms with Crippen LogP contribution in [0.4, 0.5) is 4.39 Å². The van der Waals surface area contributed by atoms with Crippen LogP contribution in [-0.2, 0) is 0 Å². The highest BCUT2D eigenvalue weighted by molar-refractivity contribution is 5.88. The van der Waals surface area contributed by atoms with Crippen molar-refractivity contribution in [1.29, 1.82) is 0 Å². The summed E-state index contributed by atoms with van der Waals surface area (Å²) in [6.07, 6.45) is 2.72. The second-order valence-corrected chi connectivity index (χ2v) is 2.87. The van der Waals surface area contributed by atoms with Crippen LogP contribution in [0.2, 0.25) is 0 Å². The van der Waals surface area contributed by atoms with Gasteiger partial charge in [0.05, 0.1) is 11.3 Å². The number of aromatic nitrogens is 3. The van der Waals surface area contributed by atoms with Crippen molar-refractivity contribution in [2.75, 3.05) is 0 Å². The van der Waals surface area contributed by atoms with Crippen molar-refractivity contribution in [2.24, 2.45) is 0 Å². The first-order chi connectivity index (χ1) is 7.16. The third kappa shape index (κ3) is 1.83. The highest BCUT2D eigenvalue weighted by Gasteiger charge is 2.07. The zero-order valence-corrected chi connectivity index (χ0v) is 7.46. The first-order valence-electron chi connectivity index (χ1n) is 4.06. The molecule has 0 bridgehead atoms. The van der Waals surface area contributed by atoms with Crippen LogP contribution in [0.15, 0.2) is 30.9 Å². The summed E-state index contributed by atoms with van der Waals surface area (Å²) in [6, 6.07) is 3.50. The second kappa shape index (κ2) is 3.49. The van der Waals surface area contributed by atoms with Gasteiger partial charge in [0, 0.05) is 0 Å². The van der Waals surface area contributed by atoms with Crippen molar-refractivity contribution in [2.45, 2.75) is 0 Å². The zero-order valence-electron chi connectivity index (χ0n) is 7.46. The van der Waals surface area contributed by atoms with Crippen LogP contribution < -0.4 is 0 Å². The molecule has 0 saturated carbocycles. The molecular formula is C9H6FN3O2. The normalized spacial score (nSPS) is 10.2. The molecule has 0 saturated heterocycles. The minimum Gasteiger partial charge on any atom is -0.478 e. The van der Waals surface area contributed by atoms with E-state index in [0.29, 0.717) is 5.69 Å². The lowest BCUT2D eigenvalue weighted by Crippen LogP contribution is -2.00. The Morgan fingerprint density at radius 1 is 1.27 bits per heavy atom. The molecule has 15 heavy (non-hydrogen) atoms. The van der Waals surface area contributed by atoms with Crippen LogP contribution in [0, 0.1) is 5.82 Å². The summed E-state index contributed by atoms with van der Waals surface area (Å²) < 4.78 is 14.5. The molecule has 1 aromatic carbocycles. The first-order valence-corrected chi connectivity index (χ1v) is 4.06. The highest BCUT2D eigenvalue weighted by atomic mass is 19.1. The Bertz CT molecular complexity index is 496. The number of rotatable bonds is 2. The van der Waals surface area contributed by atoms with Gasteiger partial charge in [-0.1, -0.05) is 0 Å². The van der Waals surface area contributed by atoms with Gasteiger partial charge in [0.15, 0.2) is 0 Å². The Morgan fingerprint density at radius 3 is 2.53 bits per heavy atom. The van der Waals surface area contributed by atoms with Crippen LogP contribution in [0.5, 0.6) is 0 Å². The average molecular weight is 207 g/mol. The van der Waals surface area contributed by atoms with E-state index >= 15 is 0 Å². The number of carbonyl (C=O) groups is 1. The van der Waals surface area contributed by atoms with Crippen LogP contribution in [-0.4, -0.2) is 25.8 Å². The lowest BCUT2D eigenvalue weighted by molar-refractivity contribution is 0.0696. The quantitative estimate of drug-likeness (QED) is 0.800. The molecule has 0 aliphatic carbocycles. The van der Waals surface area contributed by atoms with E-state index in [1.54, 1.807) is 0 Å². The van der Waals surface area contributed by atoms with Crippen LogP contribution in [0.1, 0.15) is 10.4 Å². The number of benzene rings is 1. The van der Waals surface area contributed by atoms with Crippen molar-refractivity contribution in [3.8, 4) is 5.69 Å². The fourth-order valence-corrected chi connectivity index (χ4v) is 1.18. The minimum atomic E-state index is -1.18. The number of halogens is 1. The predicted octanol–water partition coefficient (Wildman–Crippen LogP) is 1.10. The van der Waals surface area contributed by atoms with Crippen molar-refractivity contribution in [3.05, 3.63) is 42.2 Å². The standard InChI is InChI=1S/C9H6FN3O2/c10-7-1-6(9(14)15)2-8(3-7)13-4-11-12-5-13/h1-5H,(H,14,15). The number of carboxylic acid groups (broad SMARTS) is 1. The van der Waals surface area contributed by atoms with E-state index in [9.17, 15) is 9.18 Å². The summed E-state index contributed by atoms with van der Waals surface area (Å²) in [6.45, 7) is 0. The van der Waals surface area contributed by atoms with Crippen LogP contribution in [0.3, 0.4) is 0 Å². The molecule has 0 fully saturated rings. The summed E-state index contributed by atoms with van der Waals surface area (Å²) in [5, 5.41) is 15.8. The van der Waals surface area contributed by atoms with Gasteiger partial charge < -0.3 is 5.11 Å². The van der Waals surface area contributed by atoms with E-state index in [2.05, 4.69) is 10.2 Å². The summed E-state index contributed by atoms with van der Waals surface area (Å²) in [5.74, 6) is -1.79. The van der Waals surface area contributed by atoms with Gasteiger partial charge in [-0.3, -0.25) is 4.57 Å². The smallest absolute Gasteiger partial charge is 0.335 e. The van der Waals surface area contributed by atoms with E-state index in [1.165, 1.54) is 29.4 Å². The van der Waals surface area contributed by atoms with Crippen LogP contribution in [0.25, 0.3) is 5.69 Å². The Kier molecular flexibility index (Phi) is 2.17. The highest BCUT2D eigenvalue weighted by Crippen LogP contribution is 2.12. The van der Waals surface area contributed by atoms with Gasteiger partial charge >= 0.3 is 5.97 Å². The molecule has 6 heteroatoms. The molecule has 0 unspecified atom stereocenters. The molecule has 0 spiro atoms. The van der Waals surface area contributed by atoms with Gasteiger partial charge in [-0.15, -0.1) is 10.2 Å². The van der Waals surface area contributed by atoms with Gasteiger partial charge in [0.25, 0.3) is 0 Å². The summed E-state index contributed by atoms with van der Waals surface area (Å²) in [7, 11) is 0. The molecular weight excluding hydrogens is 201 g/mol. The topological polar surface area (TPSA) is 68.0 Å². The lowest BCUT2D eigenvalue weighted by Gasteiger charge is -2.02. The monoisotopic (exact) mass is 207 g/mol. The van der Waals surface area contributed by atoms with Crippen LogP contribution >= 0.6 is 0 Å². The van der Waals surface area contributed by atoms with E-state index in [1.807, 2.05) is 0 Å². The third-order valence-electron chi connectivity index (χ3n) is 1.85. The molecule has 76 valence electrons. The average Bonchev–Trinajstić information content (AvgIpc) is 2.69. The fraction of sp³-hybridized carbons (Fsp3) is 0. The predicted molar refractivity (Wildman–Crippen MR) is 48.3 cm³/mol. The molecule has 5 nitrogen and oxygen atoms in total. The van der Waals surface area contributed by atoms with Gasteiger partial charge in [0.1, 0.15) is 18.5 Å². The Hall–Kier alpha value is -2.24. The second-order valence-electron chi connectivity index (χ2n) is 2.87. The molecule has 0 aliphatic heterocycles. The van der Waals surface area contributed by atoms with E-state index in [-0.39, 0.29) is 5.56 Å². The maximum atomic E-state index is 13.1. The van der Waals surface area contributed by atoms with Gasteiger partial charge in [0.2, 0.25) is 0 Å². The van der Waals surface area contributed by atoms with E-state index in [0.717, 1.165) is 6.07 Å². The zero-order chi connectivity index (χ0) is 10.8. The van der Waals surface area contributed by atoms with Crippen molar-refractivity contribution < 1.29 is 14.3 Å². The number of hydrogen-bond donors (Lipinski definition) is 1. The van der Waals surface area contributed by atoms with Gasteiger partial charge in [-0.05, 0) is 18.2 Å². The molecule has 0 aliphatic rings. The van der Waals surface area contributed by atoms with E-state index in [4.69, 9.17) is 5.11 Å². The van der Waals surface area contributed by atoms with Gasteiger partial charge in [-0.25, -0.2) is 9.18 Å². The summed E-state index contributed by atoms with van der Waals surface area (Å²) >= 11 is 0. The van der Waals surface area contributed by atoms with Gasteiger partial charge in [-0.2, -0.15) is 0 Å². The molecule has 0 atom stereocenters. The van der Waals surface area contributed by atoms with Crippen molar-refractivity contribution in [1.82, 2.24) is 14.8 Å². The molecule has 0 radical (unpaired) electrons. The SMILES string of the molecule is O=C(O)c1cc(F)cc(-n2cnnc2)c1. The fourth-order valence-electron chi connectivity index (χ4n) is 1.18. The number of hydrogen-bond acceptors (Lipinski definition) is 3. The minimum absolute atomic E-state index is 0.112. The van der Waals surface area contributed by atoms with Crippen molar-refractivity contribution >= 4 is 5.97 Å². The maximum Gasteiger partial charge on any atom is 0.335 e. The molecule has 1 heterocycles. The molecule has 2 aromatic rings.